The lowest BCUT2D eigenvalue weighted by atomic mass is 10.1. The fraction of sp³-hybridized carbons (Fsp3) is 0.562. The molecule has 1 amide bonds. The Hall–Kier alpha value is -1.55. The van der Waals surface area contributed by atoms with Crippen LogP contribution in [-0.2, 0) is 16.1 Å². The maximum absolute atomic E-state index is 11.9. The minimum absolute atomic E-state index is 0.0114. The zero-order chi connectivity index (χ0) is 14.5. The molecule has 110 valence electrons. The summed E-state index contributed by atoms with van der Waals surface area (Å²) < 4.78 is 11.1. The lowest BCUT2D eigenvalue weighted by Gasteiger charge is -2.14. The highest BCUT2D eigenvalue weighted by Crippen LogP contribution is 2.20. The van der Waals surface area contributed by atoms with Crippen molar-refractivity contribution in [2.45, 2.75) is 52.4 Å². The molecule has 4 nitrogen and oxygen atoms in total. The monoisotopic (exact) mass is 277 g/mol. The van der Waals surface area contributed by atoms with E-state index in [9.17, 15) is 4.79 Å². The lowest BCUT2D eigenvalue weighted by Crippen LogP contribution is -2.33. The molecule has 0 aliphatic carbocycles. The Kier molecular flexibility index (Phi) is 5.01. The van der Waals surface area contributed by atoms with Crippen LogP contribution < -0.4 is 10.1 Å². The van der Waals surface area contributed by atoms with E-state index >= 15 is 0 Å². The Morgan fingerprint density at radius 1 is 1.50 bits per heavy atom. The van der Waals surface area contributed by atoms with E-state index < -0.39 is 0 Å². The number of ether oxygens (including phenoxy) is 2. The fourth-order valence-corrected chi connectivity index (χ4v) is 2.30. The molecule has 1 fully saturated rings. The van der Waals surface area contributed by atoms with Gasteiger partial charge in [-0.25, -0.2) is 0 Å². The molecular formula is C16H23NO3. The Morgan fingerprint density at radius 2 is 2.30 bits per heavy atom. The molecule has 1 atom stereocenters. The molecule has 0 radical (unpaired) electrons. The van der Waals surface area contributed by atoms with Crippen LogP contribution >= 0.6 is 0 Å². The Labute approximate surface area is 120 Å². The molecule has 0 bridgehead atoms. The minimum Gasteiger partial charge on any atom is -0.491 e. The topological polar surface area (TPSA) is 47.6 Å². The van der Waals surface area contributed by atoms with E-state index in [0.29, 0.717) is 13.2 Å². The molecule has 0 aromatic heterocycles. The van der Waals surface area contributed by atoms with Crippen molar-refractivity contribution >= 4 is 5.91 Å². The van der Waals surface area contributed by atoms with Crippen LogP contribution in [0.3, 0.4) is 0 Å². The van der Waals surface area contributed by atoms with Crippen molar-refractivity contribution in [2.24, 2.45) is 0 Å². The van der Waals surface area contributed by atoms with E-state index in [0.717, 1.165) is 29.7 Å². The second-order valence-electron chi connectivity index (χ2n) is 5.49. The predicted molar refractivity (Wildman–Crippen MR) is 77.8 cm³/mol. The van der Waals surface area contributed by atoms with Gasteiger partial charge in [0.2, 0.25) is 5.91 Å². The van der Waals surface area contributed by atoms with Crippen LogP contribution in [0.1, 0.15) is 37.8 Å². The summed E-state index contributed by atoms with van der Waals surface area (Å²) in [6.45, 7) is 7.26. The number of hydrogen-bond donors (Lipinski definition) is 1. The van der Waals surface area contributed by atoms with E-state index in [1.807, 2.05) is 39.0 Å². The number of aryl methyl sites for hydroxylation is 1. The smallest absolute Gasteiger partial charge is 0.249 e. The van der Waals surface area contributed by atoms with Crippen LogP contribution in [0.4, 0.5) is 0 Å². The highest BCUT2D eigenvalue weighted by Gasteiger charge is 2.22. The first-order chi connectivity index (χ1) is 9.56. The Bertz CT molecular complexity index is 465. The van der Waals surface area contributed by atoms with Crippen LogP contribution in [0.5, 0.6) is 5.75 Å². The molecule has 1 aromatic rings. The lowest BCUT2D eigenvalue weighted by molar-refractivity contribution is -0.130. The highest BCUT2D eigenvalue weighted by molar-refractivity contribution is 5.80. The highest BCUT2D eigenvalue weighted by atomic mass is 16.5. The number of hydrogen-bond acceptors (Lipinski definition) is 3. The molecule has 1 heterocycles. The van der Waals surface area contributed by atoms with Crippen LogP contribution in [0, 0.1) is 6.92 Å². The van der Waals surface area contributed by atoms with Gasteiger partial charge in [-0.1, -0.05) is 12.1 Å². The van der Waals surface area contributed by atoms with Crippen molar-refractivity contribution < 1.29 is 14.3 Å². The molecule has 1 aliphatic rings. The zero-order valence-electron chi connectivity index (χ0n) is 12.4. The number of nitrogens with one attached hydrogen (secondary N) is 1. The summed E-state index contributed by atoms with van der Waals surface area (Å²) >= 11 is 0. The molecule has 1 aromatic carbocycles. The van der Waals surface area contributed by atoms with Crippen LogP contribution in [0.2, 0.25) is 0 Å². The van der Waals surface area contributed by atoms with Gasteiger partial charge in [-0.15, -0.1) is 0 Å². The van der Waals surface area contributed by atoms with Crippen molar-refractivity contribution in [3.8, 4) is 5.75 Å². The van der Waals surface area contributed by atoms with E-state index in [1.165, 1.54) is 0 Å². The molecule has 2 rings (SSSR count). The normalized spacial score (nSPS) is 18.3. The zero-order valence-corrected chi connectivity index (χ0v) is 12.4. The van der Waals surface area contributed by atoms with Gasteiger partial charge in [0.25, 0.3) is 0 Å². The molecule has 0 saturated carbocycles. The Morgan fingerprint density at radius 3 is 2.90 bits per heavy atom. The number of carbonyl (C=O) groups excluding carboxylic acids is 1. The fourth-order valence-electron chi connectivity index (χ4n) is 2.30. The number of carbonyl (C=O) groups is 1. The molecule has 1 unspecified atom stereocenters. The largest absolute Gasteiger partial charge is 0.491 e. The molecule has 1 saturated heterocycles. The summed E-state index contributed by atoms with van der Waals surface area (Å²) in [5, 5.41) is 2.92. The Balaban J connectivity index is 1.89. The van der Waals surface area contributed by atoms with E-state index in [-0.39, 0.29) is 18.1 Å². The van der Waals surface area contributed by atoms with Gasteiger partial charge in [-0.2, -0.15) is 0 Å². The van der Waals surface area contributed by atoms with Crippen molar-refractivity contribution in [1.82, 2.24) is 5.32 Å². The van der Waals surface area contributed by atoms with Crippen LogP contribution in [0.15, 0.2) is 18.2 Å². The molecule has 1 aliphatic heterocycles. The molecule has 20 heavy (non-hydrogen) atoms. The van der Waals surface area contributed by atoms with E-state index in [1.54, 1.807) is 0 Å². The van der Waals surface area contributed by atoms with Crippen molar-refractivity contribution in [3.63, 3.8) is 0 Å². The standard InChI is InChI=1S/C16H23NO3/c1-11(2)20-14-7-6-13(9-12(14)3)10-17-16(18)15-5-4-8-19-15/h6-7,9,11,15H,4-5,8,10H2,1-3H3,(H,17,18). The average Bonchev–Trinajstić information content (AvgIpc) is 2.92. The van der Waals surface area contributed by atoms with Gasteiger partial charge in [-0.05, 0) is 50.8 Å². The predicted octanol–water partition coefficient (Wildman–Crippen LogP) is 2.58. The summed E-state index contributed by atoms with van der Waals surface area (Å²) in [5.74, 6) is 0.886. The summed E-state index contributed by atoms with van der Waals surface area (Å²) in [4.78, 5) is 11.9. The summed E-state index contributed by atoms with van der Waals surface area (Å²) in [7, 11) is 0. The van der Waals surface area contributed by atoms with Gasteiger partial charge in [0.1, 0.15) is 11.9 Å². The van der Waals surface area contributed by atoms with Gasteiger partial charge in [0.05, 0.1) is 6.10 Å². The van der Waals surface area contributed by atoms with Crippen LogP contribution in [0.25, 0.3) is 0 Å². The van der Waals surface area contributed by atoms with E-state index in [4.69, 9.17) is 9.47 Å². The summed E-state index contributed by atoms with van der Waals surface area (Å²) in [6, 6.07) is 6.00. The van der Waals surface area contributed by atoms with Crippen molar-refractivity contribution in [1.29, 1.82) is 0 Å². The average molecular weight is 277 g/mol. The molecule has 1 N–H and O–H groups in total. The molecule has 0 spiro atoms. The van der Waals surface area contributed by atoms with Gasteiger partial charge < -0.3 is 14.8 Å². The molecular weight excluding hydrogens is 254 g/mol. The first-order valence-electron chi connectivity index (χ1n) is 7.22. The van der Waals surface area contributed by atoms with Crippen LogP contribution in [-0.4, -0.2) is 24.7 Å². The maximum Gasteiger partial charge on any atom is 0.249 e. The van der Waals surface area contributed by atoms with Crippen molar-refractivity contribution in [2.75, 3.05) is 6.61 Å². The third-order valence-corrected chi connectivity index (χ3v) is 3.29. The summed E-state index contributed by atoms with van der Waals surface area (Å²) in [5.41, 5.74) is 2.16. The quantitative estimate of drug-likeness (QED) is 0.900. The number of amides is 1. The van der Waals surface area contributed by atoms with Gasteiger partial charge in [0.15, 0.2) is 0 Å². The maximum atomic E-state index is 11.9. The number of benzene rings is 1. The first kappa shape index (κ1) is 14.9. The van der Waals surface area contributed by atoms with Gasteiger partial charge in [0, 0.05) is 13.2 Å². The minimum atomic E-state index is -0.264. The van der Waals surface area contributed by atoms with Gasteiger partial charge in [-0.3, -0.25) is 4.79 Å². The van der Waals surface area contributed by atoms with Gasteiger partial charge >= 0.3 is 0 Å². The molecule has 4 heteroatoms. The third-order valence-electron chi connectivity index (χ3n) is 3.29. The number of rotatable bonds is 5. The van der Waals surface area contributed by atoms with Crippen molar-refractivity contribution in [3.05, 3.63) is 29.3 Å². The van der Waals surface area contributed by atoms with E-state index in [2.05, 4.69) is 5.32 Å². The second kappa shape index (κ2) is 6.75. The summed E-state index contributed by atoms with van der Waals surface area (Å²) in [6.07, 6.45) is 1.70. The second-order valence-corrected chi connectivity index (χ2v) is 5.49. The third kappa shape index (κ3) is 3.97. The first-order valence-corrected chi connectivity index (χ1v) is 7.22. The SMILES string of the molecule is Cc1cc(CNC(=O)C2CCCO2)ccc1OC(C)C.